The first-order chi connectivity index (χ1) is 20.8. The normalized spacial score (nSPS) is 11.9. The summed E-state index contributed by atoms with van der Waals surface area (Å²) in [6.07, 6.45) is 5.48. The van der Waals surface area contributed by atoms with Crippen LogP contribution >= 0.6 is 0 Å². The topological polar surface area (TPSA) is 75.6 Å². The second-order valence-corrected chi connectivity index (χ2v) is 12.3. The van der Waals surface area contributed by atoms with Crippen LogP contribution in [0.5, 0.6) is 11.5 Å². The Balaban J connectivity index is 1.35. The number of aromatic nitrogens is 7. The number of aryl methyl sites for hydroxylation is 1. The molecule has 7 aromatic rings. The Morgan fingerprint density at radius 3 is 2.35 bits per heavy atom. The van der Waals surface area contributed by atoms with E-state index in [4.69, 9.17) is 9.72 Å². The summed E-state index contributed by atoms with van der Waals surface area (Å²) in [6, 6.07) is 31.4. The van der Waals surface area contributed by atoms with Gasteiger partial charge in [-0.1, -0.05) is 26.8 Å². The monoisotopic (exact) mass is 744 g/mol. The molecule has 0 bridgehead atoms. The van der Waals surface area contributed by atoms with Gasteiger partial charge >= 0.3 is 170 Å². The van der Waals surface area contributed by atoms with Crippen LogP contribution in [0.2, 0.25) is 0 Å². The van der Waals surface area contributed by atoms with Crippen molar-refractivity contribution in [2.24, 2.45) is 7.05 Å². The summed E-state index contributed by atoms with van der Waals surface area (Å²) in [6.45, 7) is 6.70. The number of benzene rings is 3. The van der Waals surface area contributed by atoms with Crippen LogP contribution in [0.25, 0.3) is 44.4 Å². The van der Waals surface area contributed by atoms with E-state index < -0.39 is 0 Å². The molecule has 0 spiro atoms. The van der Waals surface area contributed by atoms with Gasteiger partial charge in [0.25, 0.3) is 0 Å². The number of hydrogen-bond donors (Lipinski definition) is 0. The summed E-state index contributed by atoms with van der Waals surface area (Å²) in [5.41, 5.74) is 6.06. The third-order valence-electron chi connectivity index (χ3n) is 7.38. The van der Waals surface area contributed by atoms with E-state index in [-0.39, 0.29) is 5.41 Å². The molecule has 0 radical (unpaired) electrons. The van der Waals surface area contributed by atoms with Crippen LogP contribution in [-0.4, -0.2) is 34.3 Å². The first-order valence-corrected chi connectivity index (χ1v) is 14.9. The molecule has 4 aromatic heterocycles. The Labute approximate surface area is 259 Å². The number of rotatable bonds is 5. The molecule has 7 rings (SSSR count). The van der Waals surface area contributed by atoms with Gasteiger partial charge in [0.05, 0.1) is 0 Å². The van der Waals surface area contributed by atoms with Crippen LogP contribution in [0.4, 0.5) is 0 Å². The standard InChI is InChI=1S/C34H27N7O.Pt/c1-34(2,3)25-9-12-31-30(18-25)29-11-10-28(42-27-7-5-6-26(19-27)40-22-39(4)37-38-40)20-32(29)41(31)33-13-8-24(21-36-33)23-14-16-35-17-15-23;/h5-18,21H,1-4H3;/q-2;. The van der Waals surface area contributed by atoms with Crippen molar-refractivity contribution in [1.82, 2.24) is 34.3 Å². The Bertz CT molecular complexity index is 2170. The molecule has 3 aromatic carbocycles. The molecular weight excluding hydrogens is 718 g/mol. The van der Waals surface area contributed by atoms with E-state index in [2.05, 4.69) is 103 Å². The number of nitrogens with zero attached hydrogens (tertiary/aromatic N) is 7. The van der Waals surface area contributed by atoms with Crippen molar-refractivity contribution in [2.75, 3.05) is 0 Å². The molecule has 0 aliphatic rings. The van der Waals surface area contributed by atoms with Gasteiger partial charge in [-0.3, -0.25) is 4.98 Å². The van der Waals surface area contributed by atoms with Crippen LogP contribution in [0, 0.1) is 15.9 Å². The van der Waals surface area contributed by atoms with Gasteiger partial charge in [-0.25, -0.2) is 0 Å². The number of tetrazole rings is 1. The van der Waals surface area contributed by atoms with E-state index in [1.54, 1.807) is 21.8 Å². The van der Waals surface area contributed by atoms with Crippen molar-refractivity contribution in [2.45, 2.75) is 26.2 Å². The Morgan fingerprint density at radius 1 is 0.814 bits per heavy atom. The zero-order valence-electron chi connectivity index (χ0n) is 24.0. The summed E-state index contributed by atoms with van der Waals surface area (Å²) in [4.78, 5) is 9.03. The summed E-state index contributed by atoms with van der Waals surface area (Å²) in [7, 11) is 1.85. The van der Waals surface area contributed by atoms with Crippen molar-refractivity contribution in [3.63, 3.8) is 0 Å². The Hall–Kier alpha value is -4.68. The van der Waals surface area contributed by atoms with Crippen LogP contribution in [0.1, 0.15) is 26.3 Å². The first kappa shape index (κ1) is 27.2. The van der Waals surface area contributed by atoms with Gasteiger partial charge in [-0.2, -0.15) is 0 Å². The van der Waals surface area contributed by atoms with E-state index in [0.29, 0.717) is 11.5 Å². The molecule has 216 valence electrons. The van der Waals surface area contributed by atoms with Crippen LogP contribution < -0.4 is 4.74 Å². The molecule has 0 aliphatic carbocycles. The van der Waals surface area contributed by atoms with E-state index in [1.807, 2.05) is 55.7 Å². The van der Waals surface area contributed by atoms with Crippen LogP contribution in [0.3, 0.4) is 0 Å². The molecule has 0 amide bonds. The Kier molecular flexibility index (Phi) is 6.66. The van der Waals surface area contributed by atoms with Gasteiger partial charge in [0.15, 0.2) is 0 Å². The van der Waals surface area contributed by atoms with Gasteiger partial charge < -0.3 is 0 Å². The number of pyridine rings is 2. The van der Waals surface area contributed by atoms with Gasteiger partial charge in [-0.15, -0.1) is 0 Å². The Morgan fingerprint density at radius 2 is 1.63 bits per heavy atom. The maximum atomic E-state index is 6.32. The summed E-state index contributed by atoms with van der Waals surface area (Å²) in [5.74, 6) is 1.94. The molecule has 0 aliphatic heterocycles. The molecule has 0 N–H and O–H groups in total. The molecule has 0 unspecified atom stereocenters. The molecule has 9 heteroatoms. The maximum absolute atomic E-state index is 6.32. The molecule has 0 fully saturated rings. The van der Waals surface area contributed by atoms with Crippen LogP contribution in [-0.2, 0) is 31.8 Å². The van der Waals surface area contributed by atoms with Crippen molar-refractivity contribution < 1.29 is 24.1 Å². The van der Waals surface area contributed by atoms with Gasteiger partial charge in [-0.05, 0) is 34.7 Å². The minimum atomic E-state index is 0.0136. The fourth-order valence-electron chi connectivity index (χ4n) is 5.11. The number of hydrogen-bond acceptors (Lipinski definition) is 5. The number of fused-ring (bicyclic) bond motifs is 3. The SMILES string of the molecule is Cn1nnn(-c2[c-]c(Oc3[c-]c4c(cc3)c3cc(C(C)(C)C)ccc3n4-c3ccc(-c4ccncc4)cn3)ccc2)[c]1=[Pt]. The van der Waals surface area contributed by atoms with E-state index in [9.17, 15) is 0 Å². The predicted octanol–water partition coefficient (Wildman–Crippen LogP) is 6.93. The average molecular weight is 745 g/mol. The van der Waals surface area contributed by atoms with E-state index >= 15 is 0 Å². The molecule has 8 nitrogen and oxygen atoms in total. The zero-order valence-corrected chi connectivity index (χ0v) is 26.3. The van der Waals surface area contributed by atoms with Crippen molar-refractivity contribution >= 4 is 21.8 Å². The van der Waals surface area contributed by atoms with Gasteiger partial charge in [0.2, 0.25) is 0 Å². The summed E-state index contributed by atoms with van der Waals surface area (Å²) < 4.78 is 12.7. The van der Waals surface area contributed by atoms with Gasteiger partial charge in [0.1, 0.15) is 0 Å². The zero-order chi connectivity index (χ0) is 29.7. The van der Waals surface area contributed by atoms with Crippen LogP contribution in [0.15, 0.2) is 91.4 Å². The molecular formula is C34H27N7OPt-2. The molecule has 4 heterocycles. The summed E-state index contributed by atoms with van der Waals surface area (Å²) >= 11 is 2.18. The van der Waals surface area contributed by atoms with E-state index in [1.165, 1.54) is 5.56 Å². The third-order valence-corrected chi connectivity index (χ3v) is 8.60. The predicted molar refractivity (Wildman–Crippen MR) is 162 cm³/mol. The first-order valence-electron chi connectivity index (χ1n) is 13.8. The molecule has 0 saturated carbocycles. The van der Waals surface area contributed by atoms with Gasteiger partial charge in [0, 0.05) is 24.2 Å². The third kappa shape index (κ3) is 5.02. The number of ether oxygens (including phenoxy) is 1. The quantitative estimate of drug-likeness (QED) is 0.179. The fourth-order valence-corrected chi connectivity index (χ4v) is 5.58. The summed E-state index contributed by atoms with van der Waals surface area (Å²) in [5, 5.41) is 10.5. The second-order valence-electron chi connectivity index (χ2n) is 11.3. The molecule has 0 atom stereocenters. The van der Waals surface area contributed by atoms with Crippen molar-refractivity contribution in [3.8, 4) is 34.1 Å². The van der Waals surface area contributed by atoms with Crippen molar-refractivity contribution in [3.05, 3.63) is 113 Å². The minimum absolute atomic E-state index is 0.0136. The van der Waals surface area contributed by atoms with E-state index in [0.717, 1.165) is 48.2 Å². The van der Waals surface area contributed by atoms with Crippen molar-refractivity contribution in [1.29, 1.82) is 0 Å². The average Bonchev–Trinajstić information content (AvgIpc) is 3.52. The molecule has 0 saturated heterocycles. The molecule has 43 heavy (non-hydrogen) atoms. The fraction of sp³-hybridized carbons (Fsp3) is 0.147. The second kappa shape index (κ2) is 10.5.